The van der Waals surface area contributed by atoms with Crippen LogP contribution in [0.1, 0.15) is 46.4 Å². The van der Waals surface area contributed by atoms with E-state index >= 15 is 0 Å². The molecule has 0 bridgehead atoms. The number of nitrogens with one attached hydrogen (secondary N) is 1. The molecule has 1 aliphatic carbocycles. The third kappa shape index (κ3) is 5.77. The summed E-state index contributed by atoms with van der Waals surface area (Å²) in [6, 6.07) is 13.3. The van der Waals surface area contributed by atoms with Crippen molar-refractivity contribution in [1.82, 2.24) is 15.2 Å². The fourth-order valence-corrected chi connectivity index (χ4v) is 6.63. The highest BCUT2D eigenvalue weighted by Gasteiger charge is 2.47. The predicted molar refractivity (Wildman–Crippen MR) is 151 cm³/mol. The summed E-state index contributed by atoms with van der Waals surface area (Å²) in [6.45, 7) is 3.75. The molecule has 2 atom stereocenters. The summed E-state index contributed by atoms with van der Waals surface area (Å²) < 4.78 is 45.8. The first-order chi connectivity index (χ1) is 18.3. The zero-order valence-electron chi connectivity index (χ0n) is 23.0. The van der Waals surface area contributed by atoms with Gasteiger partial charge in [-0.15, -0.1) is 0 Å². The molecule has 2 heterocycles. The summed E-state index contributed by atoms with van der Waals surface area (Å²) in [5.41, 5.74) is 3.44. The highest BCUT2D eigenvalue weighted by atomic mass is 28.1. The molecule has 0 radical (unpaired) electrons. The van der Waals surface area contributed by atoms with Crippen molar-refractivity contribution in [1.29, 1.82) is 0 Å². The van der Waals surface area contributed by atoms with Gasteiger partial charge in [-0.1, -0.05) is 12.1 Å². The van der Waals surface area contributed by atoms with Crippen molar-refractivity contribution in [2.75, 3.05) is 32.1 Å². The Kier molecular flexibility index (Phi) is 7.13. The van der Waals surface area contributed by atoms with Crippen LogP contribution in [-0.4, -0.2) is 71.2 Å². The summed E-state index contributed by atoms with van der Waals surface area (Å²) >= 11 is 0. The molecular formula is C29H35F3N4O2Si. The normalized spacial score (nSPS) is 19.4. The average Bonchev–Trinajstić information content (AvgIpc) is 3.62. The zero-order chi connectivity index (χ0) is 28.1. The average molecular weight is 557 g/mol. The Hall–Kier alpha value is -3.11. The summed E-state index contributed by atoms with van der Waals surface area (Å²) in [5.74, 6) is 0.458. The van der Waals surface area contributed by atoms with Gasteiger partial charge in [0.25, 0.3) is 5.91 Å². The van der Waals surface area contributed by atoms with Crippen molar-refractivity contribution in [3.63, 3.8) is 0 Å². The molecule has 1 N–H and O–H groups in total. The van der Waals surface area contributed by atoms with Crippen LogP contribution in [0.2, 0.25) is 0 Å². The third-order valence-corrected chi connectivity index (χ3v) is 9.07. The molecule has 1 aliphatic heterocycles. The lowest BCUT2D eigenvalue weighted by Crippen LogP contribution is -2.53. The fraction of sp³-hybridized carbons (Fsp3) is 0.448. The van der Waals surface area contributed by atoms with Crippen LogP contribution in [0.15, 0.2) is 42.5 Å². The number of carbonyl (C=O) groups is 1. The topological polar surface area (TPSA) is 57.7 Å². The van der Waals surface area contributed by atoms with Crippen LogP contribution < -0.4 is 15.0 Å². The van der Waals surface area contributed by atoms with Gasteiger partial charge in [0.15, 0.2) is 0 Å². The molecule has 5 rings (SSSR count). The largest absolute Gasteiger partial charge is 0.494 e. The summed E-state index contributed by atoms with van der Waals surface area (Å²) in [4.78, 5) is 21.7. The van der Waals surface area contributed by atoms with Crippen molar-refractivity contribution in [3.05, 3.63) is 64.8 Å². The number of carbonyl (C=O) groups excluding carboxylic acids is 1. The van der Waals surface area contributed by atoms with Gasteiger partial charge >= 0.3 is 6.18 Å². The molecule has 1 aromatic heterocycles. The van der Waals surface area contributed by atoms with Crippen molar-refractivity contribution in [2.45, 2.75) is 56.6 Å². The molecule has 3 aromatic rings. The molecule has 1 saturated carbocycles. The van der Waals surface area contributed by atoms with Crippen LogP contribution in [0, 0.1) is 13.8 Å². The number of alkyl halides is 3. The number of anilines is 1. The number of aryl methyl sites for hydroxylation is 2. The number of halogens is 3. The lowest BCUT2D eigenvalue weighted by atomic mass is 9.96. The second kappa shape index (κ2) is 10.1. The molecule has 2 aromatic carbocycles. The summed E-state index contributed by atoms with van der Waals surface area (Å²) in [7, 11) is 4.40. The Balaban J connectivity index is 1.44. The lowest BCUT2D eigenvalue weighted by molar-refractivity contribution is -0.119. The number of likely N-dealkylation sites (tertiary alicyclic amines) is 1. The van der Waals surface area contributed by atoms with Gasteiger partial charge in [-0.3, -0.25) is 9.78 Å². The van der Waals surface area contributed by atoms with E-state index in [2.05, 4.69) is 22.2 Å². The Bertz CT molecular complexity index is 1410. The highest BCUT2D eigenvalue weighted by molar-refractivity contribution is 6.11. The standard InChI is InChI=1S/C29H35F3N4O2Si/c1-17-5-7-20(38-27(39)25-9-12-35(25)3)15-22(17)26(37)34-28(10-11-28)23-13-19(36(4)16-29(30,31)32)14-24-21(23)8-6-18(2)33-24/h5-8,13-15,25,27H,9-12,16H2,1-4,39H3,(H,34,37)/t25-,27?/m0/s1. The maximum atomic E-state index is 13.6. The molecular weight excluding hydrogens is 521 g/mol. The Morgan fingerprint density at radius 1 is 1.23 bits per heavy atom. The Morgan fingerprint density at radius 3 is 2.59 bits per heavy atom. The van der Waals surface area contributed by atoms with E-state index in [9.17, 15) is 18.0 Å². The fourth-order valence-electron chi connectivity index (χ4n) is 5.51. The molecule has 1 unspecified atom stereocenters. The number of hydrogen-bond acceptors (Lipinski definition) is 5. The Labute approximate surface area is 229 Å². The van der Waals surface area contributed by atoms with E-state index in [1.807, 2.05) is 38.1 Å². The van der Waals surface area contributed by atoms with Crippen molar-refractivity contribution in [3.8, 4) is 5.75 Å². The minimum Gasteiger partial charge on any atom is -0.494 e. The molecule has 2 aliphatic rings. The van der Waals surface area contributed by atoms with Gasteiger partial charge < -0.3 is 19.9 Å². The van der Waals surface area contributed by atoms with E-state index in [1.54, 1.807) is 18.2 Å². The van der Waals surface area contributed by atoms with Crippen LogP contribution in [0.4, 0.5) is 18.9 Å². The van der Waals surface area contributed by atoms with Crippen LogP contribution in [-0.2, 0) is 5.54 Å². The van der Waals surface area contributed by atoms with Gasteiger partial charge in [-0.05, 0) is 88.2 Å². The number of pyridine rings is 1. The summed E-state index contributed by atoms with van der Waals surface area (Å²) in [5, 5.41) is 4.07. The lowest BCUT2D eigenvalue weighted by Gasteiger charge is -2.41. The van der Waals surface area contributed by atoms with Crippen LogP contribution in [0.3, 0.4) is 0 Å². The number of rotatable bonds is 8. The predicted octanol–water partition coefficient (Wildman–Crippen LogP) is 4.04. The highest BCUT2D eigenvalue weighted by Crippen LogP contribution is 2.49. The quantitative estimate of drug-likeness (QED) is 0.425. The number of fused-ring (bicyclic) bond motifs is 1. The zero-order valence-corrected chi connectivity index (χ0v) is 25.0. The Morgan fingerprint density at radius 2 is 1.97 bits per heavy atom. The second-order valence-electron chi connectivity index (χ2n) is 11.2. The monoisotopic (exact) mass is 556 g/mol. The molecule has 0 spiro atoms. The van der Waals surface area contributed by atoms with Gasteiger partial charge in [0.05, 0.1) is 27.0 Å². The molecule has 6 nitrogen and oxygen atoms in total. The van der Waals surface area contributed by atoms with Gasteiger partial charge in [0.1, 0.15) is 12.3 Å². The van der Waals surface area contributed by atoms with Crippen LogP contribution in [0.25, 0.3) is 10.9 Å². The maximum Gasteiger partial charge on any atom is 0.405 e. The van der Waals surface area contributed by atoms with Crippen molar-refractivity contribution >= 4 is 32.7 Å². The number of benzene rings is 2. The van der Waals surface area contributed by atoms with E-state index < -0.39 is 18.3 Å². The molecule has 10 heteroatoms. The summed E-state index contributed by atoms with van der Waals surface area (Å²) in [6.07, 6.45) is -1.83. The van der Waals surface area contributed by atoms with Crippen molar-refractivity contribution < 1.29 is 22.7 Å². The van der Waals surface area contributed by atoms with E-state index in [1.165, 1.54) is 11.9 Å². The maximum absolute atomic E-state index is 13.6. The van der Waals surface area contributed by atoms with Gasteiger partial charge in [0.2, 0.25) is 0 Å². The number of nitrogens with zero attached hydrogens (tertiary/aromatic N) is 3. The van der Waals surface area contributed by atoms with Gasteiger partial charge in [-0.2, -0.15) is 13.2 Å². The first kappa shape index (κ1) is 27.5. The number of aromatic nitrogens is 1. The first-order valence-corrected chi connectivity index (χ1v) is 14.5. The minimum atomic E-state index is -4.34. The molecule has 39 heavy (non-hydrogen) atoms. The minimum absolute atomic E-state index is 0.135. The SMILES string of the molecule is Cc1ccc2c(C3(NC(=O)c4cc(OC([SiH3])[C@@H]5CCN5C)ccc4C)CC3)cc(N(C)CC(F)(F)F)cc2n1. The first-order valence-electron chi connectivity index (χ1n) is 13.3. The van der Waals surface area contributed by atoms with E-state index in [0.29, 0.717) is 41.4 Å². The molecule has 2 fully saturated rings. The van der Waals surface area contributed by atoms with Crippen molar-refractivity contribution in [2.24, 2.45) is 0 Å². The van der Waals surface area contributed by atoms with Gasteiger partial charge in [0, 0.05) is 35.4 Å². The molecule has 1 amide bonds. The number of ether oxygens (including phenoxy) is 1. The van der Waals surface area contributed by atoms with Gasteiger partial charge in [-0.25, -0.2) is 0 Å². The van der Waals surface area contributed by atoms with E-state index in [-0.39, 0.29) is 11.6 Å². The van der Waals surface area contributed by atoms with Crippen LogP contribution >= 0.6 is 0 Å². The number of likely N-dealkylation sites (N-methyl/N-ethyl adjacent to an activating group) is 1. The van der Waals surface area contributed by atoms with E-state index in [4.69, 9.17) is 4.74 Å². The molecule has 1 saturated heterocycles. The smallest absolute Gasteiger partial charge is 0.405 e. The molecule has 208 valence electrons. The van der Waals surface area contributed by atoms with E-state index in [0.717, 1.165) is 45.4 Å². The number of amides is 1. The van der Waals surface area contributed by atoms with Crippen LogP contribution in [0.5, 0.6) is 5.75 Å². The second-order valence-corrected chi connectivity index (χ2v) is 12.3. The third-order valence-electron chi connectivity index (χ3n) is 8.07. The number of hydrogen-bond donors (Lipinski definition) is 1.